The molecule has 3 aromatic rings. The Morgan fingerprint density at radius 2 is 1.28 bits per heavy atom. The van der Waals surface area contributed by atoms with E-state index in [1.165, 1.54) is 29.8 Å². The van der Waals surface area contributed by atoms with Crippen molar-refractivity contribution in [2.24, 2.45) is 0 Å². The van der Waals surface area contributed by atoms with Gasteiger partial charge in [-0.25, -0.2) is 9.18 Å². The van der Waals surface area contributed by atoms with E-state index in [0.29, 0.717) is 11.1 Å². The molecule has 3 aromatic carbocycles. The van der Waals surface area contributed by atoms with Gasteiger partial charge in [0.1, 0.15) is 5.82 Å². The highest BCUT2D eigenvalue weighted by Crippen LogP contribution is 2.48. The summed E-state index contributed by atoms with van der Waals surface area (Å²) in [5, 5.41) is 9.17. The van der Waals surface area contributed by atoms with Crippen molar-refractivity contribution in [3.05, 3.63) is 94.3 Å². The van der Waals surface area contributed by atoms with E-state index in [0.717, 1.165) is 29.5 Å². The van der Waals surface area contributed by atoms with E-state index < -0.39 is 5.97 Å². The van der Waals surface area contributed by atoms with Gasteiger partial charge in [-0.2, -0.15) is 0 Å². The van der Waals surface area contributed by atoms with Crippen LogP contribution in [0, 0.1) is 5.82 Å². The van der Waals surface area contributed by atoms with Gasteiger partial charge in [-0.05, 0) is 82.3 Å². The molecule has 4 heteroatoms. The predicted molar refractivity (Wildman–Crippen MR) is 124 cm³/mol. The van der Waals surface area contributed by atoms with E-state index in [9.17, 15) is 19.1 Å². The van der Waals surface area contributed by atoms with Crippen molar-refractivity contribution in [3.8, 4) is 11.1 Å². The van der Waals surface area contributed by atoms with E-state index in [1.807, 2.05) is 6.07 Å². The molecular formula is C28H27FO3. The molecule has 1 aliphatic rings. The first-order chi connectivity index (χ1) is 15.0. The highest BCUT2D eigenvalue weighted by Gasteiger charge is 2.38. The van der Waals surface area contributed by atoms with Crippen molar-refractivity contribution in [3.63, 3.8) is 0 Å². The van der Waals surface area contributed by atoms with Crippen molar-refractivity contribution in [2.45, 2.75) is 51.4 Å². The van der Waals surface area contributed by atoms with Crippen LogP contribution in [0.4, 0.5) is 4.39 Å². The fourth-order valence-corrected chi connectivity index (χ4v) is 4.59. The zero-order chi connectivity index (χ0) is 23.3. The summed E-state index contributed by atoms with van der Waals surface area (Å²) in [6, 6.07) is 16.3. The summed E-state index contributed by atoms with van der Waals surface area (Å²) in [7, 11) is 0. The van der Waals surface area contributed by atoms with Gasteiger partial charge in [-0.3, -0.25) is 4.79 Å². The maximum absolute atomic E-state index is 13.6. The van der Waals surface area contributed by atoms with E-state index >= 15 is 0 Å². The lowest BCUT2D eigenvalue weighted by Crippen LogP contribution is -2.34. The van der Waals surface area contributed by atoms with Crippen molar-refractivity contribution in [2.75, 3.05) is 0 Å². The number of hydrogen-bond donors (Lipinski definition) is 1. The molecule has 0 amide bonds. The molecule has 0 saturated heterocycles. The summed E-state index contributed by atoms with van der Waals surface area (Å²) in [4.78, 5) is 24.8. The monoisotopic (exact) mass is 430 g/mol. The van der Waals surface area contributed by atoms with Crippen molar-refractivity contribution >= 4 is 11.8 Å². The van der Waals surface area contributed by atoms with Crippen LogP contribution in [0.25, 0.3) is 11.1 Å². The maximum Gasteiger partial charge on any atom is 0.335 e. The number of ketones is 1. The summed E-state index contributed by atoms with van der Waals surface area (Å²) in [5.41, 5.74) is 4.90. The number of carboxylic acids is 1. The Balaban J connectivity index is 1.94. The van der Waals surface area contributed by atoms with Crippen molar-refractivity contribution in [1.82, 2.24) is 0 Å². The molecule has 0 spiro atoms. The number of carbonyl (C=O) groups is 2. The molecule has 0 fully saturated rings. The third-order valence-electron chi connectivity index (χ3n) is 6.78. The second-order valence-electron chi connectivity index (χ2n) is 9.93. The topological polar surface area (TPSA) is 54.4 Å². The molecule has 0 heterocycles. The molecule has 1 aliphatic carbocycles. The number of aromatic carboxylic acids is 1. The summed E-state index contributed by atoms with van der Waals surface area (Å²) >= 11 is 0. The average molecular weight is 431 g/mol. The predicted octanol–water partition coefficient (Wildman–Crippen LogP) is 6.77. The van der Waals surface area contributed by atoms with Crippen molar-refractivity contribution in [1.29, 1.82) is 0 Å². The molecule has 164 valence electrons. The smallest absolute Gasteiger partial charge is 0.335 e. The van der Waals surface area contributed by atoms with Crippen LogP contribution in [0.1, 0.15) is 77.9 Å². The number of halogens is 1. The first-order valence-electron chi connectivity index (χ1n) is 10.8. The lowest BCUT2D eigenvalue weighted by Gasteiger charge is -2.42. The Morgan fingerprint density at radius 3 is 1.81 bits per heavy atom. The summed E-state index contributed by atoms with van der Waals surface area (Å²) in [6.45, 7) is 8.85. The SMILES string of the molecule is CC1(C)CCC(C)(C)c2cc(-c3ccc(F)cc3)c(C(=O)c3ccc(C(=O)O)cc3)cc21. The minimum atomic E-state index is -1.03. The van der Waals surface area contributed by atoms with E-state index in [4.69, 9.17) is 0 Å². The van der Waals surface area contributed by atoms with Crippen LogP contribution in [-0.2, 0) is 10.8 Å². The standard InChI is InChI=1S/C28H27FO3/c1-27(2)13-14-28(3,4)24-16-22(25(30)18-5-7-19(8-6-18)26(31)32)21(15-23(24)27)17-9-11-20(29)12-10-17/h5-12,15-16H,13-14H2,1-4H3,(H,31,32). The summed E-state index contributed by atoms with van der Waals surface area (Å²) in [5.74, 6) is -1.54. The van der Waals surface area contributed by atoms with Gasteiger partial charge >= 0.3 is 5.97 Å². The second kappa shape index (κ2) is 7.70. The molecular weight excluding hydrogens is 403 g/mol. The number of carbonyl (C=O) groups excluding carboxylic acids is 1. The van der Waals surface area contributed by atoms with Gasteiger partial charge < -0.3 is 5.11 Å². The van der Waals surface area contributed by atoms with Gasteiger partial charge in [-0.15, -0.1) is 0 Å². The van der Waals surface area contributed by atoms with E-state index in [-0.39, 0.29) is 28.0 Å². The number of benzene rings is 3. The van der Waals surface area contributed by atoms with Crippen LogP contribution >= 0.6 is 0 Å². The molecule has 0 aromatic heterocycles. The zero-order valence-electron chi connectivity index (χ0n) is 18.8. The van der Waals surface area contributed by atoms with Crippen LogP contribution in [0.2, 0.25) is 0 Å². The van der Waals surface area contributed by atoms with Crippen LogP contribution in [-0.4, -0.2) is 16.9 Å². The van der Waals surface area contributed by atoms with Crippen LogP contribution in [0.5, 0.6) is 0 Å². The highest BCUT2D eigenvalue weighted by atomic mass is 19.1. The van der Waals surface area contributed by atoms with Gasteiger partial charge in [0.15, 0.2) is 5.78 Å². The Bertz CT molecular complexity index is 1200. The molecule has 4 rings (SSSR count). The molecule has 0 atom stereocenters. The number of fused-ring (bicyclic) bond motifs is 1. The Morgan fingerprint density at radius 1 is 0.781 bits per heavy atom. The Labute approximate surface area is 187 Å². The first-order valence-corrected chi connectivity index (χ1v) is 10.8. The lowest BCUT2D eigenvalue weighted by atomic mass is 9.62. The Kier molecular flexibility index (Phi) is 5.28. The minimum absolute atomic E-state index is 0.0374. The normalized spacial score (nSPS) is 16.3. The number of carboxylic acid groups (broad SMARTS) is 1. The first kappa shape index (κ1) is 21.9. The molecule has 0 saturated carbocycles. The fraction of sp³-hybridized carbons (Fsp3) is 0.286. The van der Waals surface area contributed by atoms with Crippen LogP contribution < -0.4 is 0 Å². The van der Waals surface area contributed by atoms with Crippen LogP contribution in [0.15, 0.2) is 60.7 Å². The van der Waals surface area contributed by atoms with E-state index in [1.54, 1.807) is 24.3 Å². The molecule has 0 radical (unpaired) electrons. The number of hydrogen-bond acceptors (Lipinski definition) is 2. The molecule has 0 bridgehead atoms. The summed E-state index contributed by atoms with van der Waals surface area (Å²) < 4.78 is 13.6. The zero-order valence-corrected chi connectivity index (χ0v) is 18.8. The quantitative estimate of drug-likeness (QED) is 0.465. The maximum atomic E-state index is 13.6. The second-order valence-corrected chi connectivity index (χ2v) is 9.93. The van der Waals surface area contributed by atoms with Crippen LogP contribution in [0.3, 0.4) is 0 Å². The largest absolute Gasteiger partial charge is 0.478 e. The Hall–Kier alpha value is -3.27. The molecule has 3 nitrogen and oxygen atoms in total. The molecule has 0 aliphatic heterocycles. The lowest BCUT2D eigenvalue weighted by molar-refractivity contribution is 0.0696. The third kappa shape index (κ3) is 3.86. The molecule has 1 N–H and O–H groups in total. The van der Waals surface area contributed by atoms with Crippen molar-refractivity contribution < 1.29 is 19.1 Å². The van der Waals surface area contributed by atoms with Gasteiger partial charge in [-0.1, -0.05) is 52.0 Å². The molecule has 32 heavy (non-hydrogen) atoms. The van der Waals surface area contributed by atoms with Gasteiger partial charge in [0.2, 0.25) is 0 Å². The fourth-order valence-electron chi connectivity index (χ4n) is 4.59. The minimum Gasteiger partial charge on any atom is -0.478 e. The average Bonchev–Trinajstić information content (AvgIpc) is 2.76. The number of rotatable bonds is 4. The summed E-state index contributed by atoms with van der Waals surface area (Å²) in [6.07, 6.45) is 2.06. The van der Waals surface area contributed by atoms with Gasteiger partial charge in [0, 0.05) is 11.1 Å². The van der Waals surface area contributed by atoms with E-state index in [2.05, 4.69) is 33.8 Å². The third-order valence-corrected chi connectivity index (χ3v) is 6.78. The highest BCUT2D eigenvalue weighted by molar-refractivity contribution is 6.13. The van der Waals surface area contributed by atoms with Gasteiger partial charge in [0.25, 0.3) is 0 Å². The molecule has 0 unspecified atom stereocenters. The van der Waals surface area contributed by atoms with Gasteiger partial charge in [0.05, 0.1) is 5.56 Å².